The van der Waals surface area contributed by atoms with Crippen LogP contribution in [0.2, 0.25) is 0 Å². The van der Waals surface area contributed by atoms with Gasteiger partial charge in [-0.05, 0) is 41.3 Å². The topological polar surface area (TPSA) is 75.7 Å². The van der Waals surface area contributed by atoms with Gasteiger partial charge in [-0.25, -0.2) is 8.42 Å². The van der Waals surface area contributed by atoms with E-state index in [-0.39, 0.29) is 16.2 Å². The third-order valence-electron chi connectivity index (χ3n) is 4.71. The molecule has 28 heavy (non-hydrogen) atoms. The van der Waals surface area contributed by atoms with Gasteiger partial charge >= 0.3 is 0 Å². The molecular weight excluding hydrogens is 376 g/mol. The van der Waals surface area contributed by atoms with Crippen LogP contribution in [0.5, 0.6) is 0 Å². The lowest BCUT2D eigenvalue weighted by atomic mass is 9.87. The minimum Gasteiger partial charge on any atom is -0.379 e. The van der Waals surface area contributed by atoms with Crippen LogP contribution >= 0.6 is 0 Å². The average molecular weight is 403 g/mol. The number of benzene rings is 2. The van der Waals surface area contributed by atoms with Gasteiger partial charge in [0.1, 0.15) is 0 Å². The van der Waals surface area contributed by atoms with E-state index in [1.54, 1.807) is 30.3 Å². The van der Waals surface area contributed by atoms with Gasteiger partial charge in [0, 0.05) is 24.3 Å². The molecule has 0 saturated carbocycles. The van der Waals surface area contributed by atoms with E-state index in [1.165, 1.54) is 10.4 Å². The van der Waals surface area contributed by atoms with Crippen molar-refractivity contribution in [3.05, 3.63) is 59.7 Å². The van der Waals surface area contributed by atoms with Gasteiger partial charge in [-0.3, -0.25) is 4.79 Å². The third kappa shape index (κ3) is 4.60. The van der Waals surface area contributed by atoms with Gasteiger partial charge in [0.2, 0.25) is 10.0 Å². The van der Waals surface area contributed by atoms with Crippen LogP contribution in [0.25, 0.3) is 0 Å². The van der Waals surface area contributed by atoms with Crippen LogP contribution in [-0.2, 0) is 20.2 Å². The quantitative estimate of drug-likeness (QED) is 0.852. The normalized spacial score (nSPS) is 16.0. The number of sulfonamides is 1. The Morgan fingerprint density at radius 2 is 1.68 bits per heavy atom. The predicted octanol–water partition coefficient (Wildman–Crippen LogP) is 3.26. The van der Waals surface area contributed by atoms with Gasteiger partial charge in [-0.2, -0.15) is 4.31 Å². The molecule has 0 bridgehead atoms. The number of ether oxygens (including phenoxy) is 1. The zero-order valence-corrected chi connectivity index (χ0v) is 17.3. The van der Waals surface area contributed by atoms with E-state index in [0.29, 0.717) is 37.6 Å². The molecule has 1 aliphatic rings. The Morgan fingerprint density at radius 3 is 2.29 bits per heavy atom. The Kier molecular flexibility index (Phi) is 5.88. The lowest BCUT2D eigenvalue weighted by Gasteiger charge is -2.26. The van der Waals surface area contributed by atoms with Crippen molar-refractivity contribution in [2.75, 3.05) is 31.6 Å². The smallest absolute Gasteiger partial charge is 0.255 e. The molecule has 1 aliphatic heterocycles. The predicted molar refractivity (Wildman–Crippen MR) is 109 cm³/mol. The van der Waals surface area contributed by atoms with Gasteiger partial charge in [0.05, 0.1) is 18.1 Å². The summed E-state index contributed by atoms with van der Waals surface area (Å²) in [6, 6.07) is 13.8. The largest absolute Gasteiger partial charge is 0.379 e. The zero-order chi connectivity index (χ0) is 20.4. The van der Waals surface area contributed by atoms with Crippen molar-refractivity contribution in [1.29, 1.82) is 0 Å². The highest BCUT2D eigenvalue weighted by atomic mass is 32.2. The molecule has 2 aromatic rings. The van der Waals surface area contributed by atoms with Crippen molar-refractivity contribution in [2.24, 2.45) is 0 Å². The molecule has 1 amide bonds. The van der Waals surface area contributed by atoms with E-state index >= 15 is 0 Å². The second kappa shape index (κ2) is 8.03. The van der Waals surface area contributed by atoms with Crippen LogP contribution < -0.4 is 5.32 Å². The Labute approximate surface area is 166 Å². The second-order valence-corrected chi connectivity index (χ2v) is 9.76. The van der Waals surface area contributed by atoms with Crippen molar-refractivity contribution in [3.63, 3.8) is 0 Å². The number of nitrogens with one attached hydrogen (secondary N) is 1. The highest BCUT2D eigenvalue weighted by Crippen LogP contribution is 2.23. The van der Waals surface area contributed by atoms with E-state index in [2.05, 4.69) is 26.1 Å². The van der Waals surface area contributed by atoms with Crippen molar-refractivity contribution in [2.45, 2.75) is 31.1 Å². The first kappa shape index (κ1) is 20.5. The molecule has 150 valence electrons. The molecule has 1 saturated heterocycles. The molecule has 0 unspecified atom stereocenters. The van der Waals surface area contributed by atoms with E-state index in [1.807, 2.05) is 12.1 Å². The summed E-state index contributed by atoms with van der Waals surface area (Å²) in [5.74, 6) is -0.277. The van der Waals surface area contributed by atoms with Crippen molar-refractivity contribution in [3.8, 4) is 0 Å². The van der Waals surface area contributed by atoms with E-state index in [0.717, 1.165) is 5.56 Å². The van der Waals surface area contributed by atoms with Crippen LogP contribution in [0.15, 0.2) is 53.4 Å². The highest BCUT2D eigenvalue weighted by molar-refractivity contribution is 7.89. The van der Waals surface area contributed by atoms with Gasteiger partial charge < -0.3 is 10.1 Å². The number of hydrogen-bond acceptors (Lipinski definition) is 4. The minimum atomic E-state index is -3.60. The monoisotopic (exact) mass is 402 g/mol. The number of carbonyl (C=O) groups excluding carboxylic acids is 1. The fraction of sp³-hybridized carbons (Fsp3) is 0.381. The second-order valence-electron chi connectivity index (χ2n) is 7.83. The standard InChI is InChI=1S/C21H26N2O4S/c1-21(2,3)17-9-7-16(8-10-17)20(24)22-18-5-4-6-19(15-18)28(25,26)23-11-13-27-14-12-23/h4-10,15H,11-14H2,1-3H3,(H,22,24). The summed E-state index contributed by atoms with van der Waals surface area (Å²) in [5, 5.41) is 2.79. The molecule has 0 spiro atoms. The molecule has 2 aromatic carbocycles. The molecule has 0 aliphatic carbocycles. The maximum absolute atomic E-state index is 12.8. The lowest BCUT2D eigenvalue weighted by molar-refractivity contribution is 0.0730. The lowest BCUT2D eigenvalue weighted by Crippen LogP contribution is -2.40. The number of amides is 1. The summed E-state index contributed by atoms with van der Waals surface area (Å²) in [6.07, 6.45) is 0. The summed E-state index contributed by atoms with van der Waals surface area (Å²) in [7, 11) is -3.60. The van der Waals surface area contributed by atoms with Gasteiger partial charge in [-0.1, -0.05) is 39.0 Å². The first-order valence-corrected chi connectivity index (χ1v) is 10.7. The number of anilines is 1. The summed E-state index contributed by atoms with van der Waals surface area (Å²) >= 11 is 0. The molecule has 1 heterocycles. The van der Waals surface area contributed by atoms with Crippen molar-refractivity contribution < 1.29 is 17.9 Å². The van der Waals surface area contributed by atoms with Crippen LogP contribution in [0.1, 0.15) is 36.7 Å². The summed E-state index contributed by atoms with van der Waals surface area (Å²) in [6.45, 7) is 7.78. The van der Waals surface area contributed by atoms with E-state index < -0.39 is 10.0 Å². The molecule has 3 rings (SSSR count). The first-order chi connectivity index (χ1) is 13.2. The zero-order valence-electron chi connectivity index (χ0n) is 16.4. The first-order valence-electron chi connectivity index (χ1n) is 9.28. The van der Waals surface area contributed by atoms with Gasteiger partial charge in [0.25, 0.3) is 5.91 Å². The summed E-state index contributed by atoms with van der Waals surface area (Å²) in [5.41, 5.74) is 2.12. The molecule has 1 N–H and O–H groups in total. The Hall–Kier alpha value is -2.22. The minimum absolute atomic E-state index is 0.0111. The molecule has 1 fully saturated rings. The Balaban J connectivity index is 1.76. The van der Waals surface area contributed by atoms with Crippen LogP contribution in [-0.4, -0.2) is 44.9 Å². The molecular formula is C21H26N2O4S. The highest BCUT2D eigenvalue weighted by Gasteiger charge is 2.26. The third-order valence-corrected chi connectivity index (χ3v) is 6.61. The average Bonchev–Trinajstić information content (AvgIpc) is 2.68. The number of rotatable bonds is 4. The number of morpholine rings is 1. The molecule has 0 radical (unpaired) electrons. The SMILES string of the molecule is CC(C)(C)c1ccc(C(=O)Nc2cccc(S(=O)(=O)N3CCOCC3)c2)cc1. The Bertz CT molecular complexity index is 941. The van der Waals surface area contributed by atoms with E-state index in [4.69, 9.17) is 4.74 Å². The summed E-state index contributed by atoms with van der Waals surface area (Å²) in [4.78, 5) is 12.7. The van der Waals surface area contributed by atoms with Gasteiger partial charge in [-0.15, -0.1) is 0 Å². The van der Waals surface area contributed by atoms with E-state index in [9.17, 15) is 13.2 Å². The fourth-order valence-electron chi connectivity index (χ4n) is 3.00. The number of carbonyl (C=O) groups is 1. The number of nitrogens with zero attached hydrogens (tertiary/aromatic N) is 1. The maximum atomic E-state index is 12.8. The molecule has 0 aromatic heterocycles. The van der Waals surface area contributed by atoms with Crippen molar-refractivity contribution in [1.82, 2.24) is 4.31 Å². The van der Waals surface area contributed by atoms with Gasteiger partial charge in [0.15, 0.2) is 0 Å². The van der Waals surface area contributed by atoms with Crippen LogP contribution in [0, 0.1) is 0 Å². The molecule has 0 atom stereocenters. The Morgan fingerprint density at radius 1 is 1.04 bits per heavy atom. The molecule has 7 heteroatoms. The van der Waals surface area contributed by atoms with Crippen molar-refractivity contribution >= 4 is 21.6 Å². The fourth-order valence-corrected chi connectivity index (χ4v) is 4.45. The number of hydrogen-bond donors (Lipinski definition) is 1. The molecule has 6 nitrogen and oxygen atoms in total. The van der Waals surface area contributed by atoms with Crippen LogP contribution in [0.4, 0.5) is 5.69 Å². The maximum Gasteiger partial charge on any atom is 0.255 e. The van der Waals surface area contributed by atoms with Crippen LogP contribution in [0.3, 0.4) is 0 Å². The summed E-state index contributed by atoms with van der Waals surface area (Å²) < 4.78 is 32.2.